The molecule has 21 heavy (non-hydrogen) atoms. The maximum atomic E-state index is 12.3. The van der Waals surface area contributed by atoms with Gasteiger partial charge in [0.1, 0.15) is 0 Å². The van der Waals surface area contributed by atoms with Crippen LogP contribution in [0.2, 0.25) is 0 Å². The van der Waals surface area contributed by atoms with E-state index in [1.54, 1.807) is 0 Å². The van der Waals surface area contributed by atoms with Gasteiger partial charge in [-0.2, -0.15) is 0 Å². The lowest BCUT2D eigenvalue weighted by atomic mass is 10.1. The Hall–Kier alpha value is -2.57. The Morgan fingerprint density at radius 1 is 1.10 bits per heavy atom. The van der Waals surface area contributed by atoms with Gasteiger partial charge in [0.2, 0.25) is 0 Å². The molecule has 0 saturated carbocycles. The molecule has 0 spiro atoms. The molecule has 3 nitrogen and oxygen atoms in total. The molecule has 0 aliphatic carbocycles. The van der Waals surface area contributed by atoms with Crippen LogP contribution in [0.3, 0.4) is 0 Å². The lowest BCUT2D eigenvalue weighted by molar-refractivity contribution is -0.113. The third kappa shape index (κ3) is 3.95. The van der Waals surface area contributed by atoms with Gasteiger partial charge in [0.05, 0.1) is 6.61 Å². The van der Waals surface area contributed by atoms with Crippen LogP contribution < -0.4 is 4.90 Å². The fourth-order valence-corrected chi connectivity index (χ4v) is 2.01. The minimum atomic E-state index is -0.317. The predicted octanol–water partition coefficient (Wildman–Crippen LogP) is 2.37. The van der Waals surface area contributed by atoms with Gasteiger partial charge in [-0.3, -0.25) is 9.69 Å². The monoisotopic (exact) mass is 279 g/mol. The third-order valence-electron chi connectivity index (χ3n) is 3.06. The number of rotatable bonds is 3. The highest BCUT2D eigenvalue weighted by atomic mass is 16.3. The van der Waals surface area contributed by atoms with Gasteiger partial charge < -0.3 is 5.11 Å². The zero-order valence-electron chi connectivity index (χ0n) is 11.9. The number of hydrogen-bond acceptors (Lipinski definition) is 2. The first-order chi connectivity index (χ1) is 10.2. The first kappa shape index (κ1) is 14.8. The van der Waals surface area contributed by atoms with E-state index in [2.05, 4.69) is 11.8 Å². The molecule has 0 fully saturated rings. The summed E-state index contributed by atoms with van der Waals surface area (Å²) in [5.41, 5.74) is 2.54. The fraction of sp³-hybridized carbons (Fsp3) is 0.167. The van der Waals surface area contributed by atoms with Gasteiger partial charge in [-0.05, 0) is 30.7 Å². The van der Waals surface area contributed by atoms with E-state index < -0.39 is 0 Å². The standard InChI is InChI=1S/C18H17NO2/c1-15-7-5-6-10-17(15)19(13-14-20)18(21)12-11-16-8-3-2-4-9-16/h2-10,20H,13-14H2,1H3. The maximum absolute atomic E-state index is 12.3. The summed E-state index contributed by atoms with van der Waals surface area (Å²) in [4.78, 5) is 13.8. The number of hydrogen-bond donors (Lipinski definition) is 1. The van der Waals surface area contributed by atoms with E-state index in [1.165, 1.54) is 4.90 Å². The van der Waals surface area contributed by atoms with Crippen LogP contribution in [0.4, 0.5) is 5.69 Å². The zero-order chi connectivity index (χ0) is 15.1. The highest BCUT2D eigenvalue weighted by Gasteiger charge is 2.14. The molecule has 106 valence electrons. The number of para-hydroxylation sites is 1. The van der Waals surface area contributed by atoms with E-state index in [4.69, 9.17) is 0 Å². The molecule has 0 bridgehead atoms. The number of aliphatic hydroxyl groups is 1. The van der Waals surface area contributed by atoms with Gasteiger partial charge in [-0.25, -0.2) is 0 Å². The van der Waals surface area contributed by atoms with Crippen LogP contribution in [0.25, 0.3) is 0 Å². The van der Waals surface area contributed by atoms with Crippen molar-refractivity contribution >= 4 is 11.6 Å². The molecule has 0 heterocycles. The molecule has 0 unspecified atom stereocenters. The molecule has 0 atom stereocenters. The molecule has 0 aliphatic rings. The van der Waals surface area contributed by atoms with Crippen molar-refractivity contribution < 1.29 is 9.90 Å². The van der Waals surface area contributed by atoms with Crippen molar-refractivity contribution in [2.24, 2.45) is 0 Å². The van der Waals surface area contributed by atoms with E-state index >= 15 is 0 Å². The van der Waals surface area contributed by atoms with E-state index in [9.17, 15) is 9.90 Å². The average molecular weight is 279 g/mol. The number of anilines is 1. The number of carbonyl (C=O) groups is 1. The normalized spacial score (nSPS) is 9.62. The molecule has 3 heteroatoms. The number of aryl methyl sites for hydroxylation is 1. The van der Waals surface area contributed by atoms with E-state index in [-0.39, 0.29) is 19.1 Å². The predicted molar refractivity (Wildman–Crippen MR) is 83.9 cm³/mol. The molecule has 0 radical (unpaired) electrons. The summed E-state index contributed by atoms with van der Waals surface area (Å²) >= 11 is 0. The van der Waals surface area contributed by atoms with Crippen molar-refractivity contribution in [3.63, 3.8) is 0 Å². The quantitative estimate of drug-likeness (QED) is 0.876. The Kier molecular flexibility index (Phi) is 5.14. The second kappa shape index (κ2) is 7.28. The largest absolute Gasteiger partial charge is 0.395 e. The summed E-state index contributed by atoms with van der Waals surface area (Å²) in [7, 11) is 0. The number of benzene rings is 2. The number of aliphatic hydroxyl groups excluding tert-OH is 1. The van der Waals surface area contributed by atoms with Crippen LogP contribution in [0.1, 0.15) is 11.1 Å². The van der Waals surface area contributed by atoms with Crippen LogP contribution in [0.15, 0.2) is 54.6 Å². The van der Waals surface area contributed by atoms with Crippen LogP contribution in [0.5, 0.6) is 0 Å². The lowest BCUT2D eigenvalue weighted by Crippen LogP contribution is -2.33. The van der Waals surface area contributed by atoms with E-state index in [0.29, 0.717) is 0 Å². The summed E-state index contributed by atoms with van der Waals surface area (Å²) in [6.07, 6.45) is 0. The van der Waals surface area contributed by atoms with Crippen LogP contribution >= 0.6 is 0 Å². The average Bonchev–Trinajstić information content (AvgIpc) is 2.52. The minimum Gasteiger partial charge on any atom is -0.395 e. The molecule has 2 rings (SSSR count). The van der Waals surface area contributed by atoms with Gasteiger partial charge in [0, 0.05) is 23.7 Å². The third-order valence-corrected chi connectivity index (χ3v) is 3.06. The van der Waals surface area contributed by atoms with Crippen molar-refractivity contribution in [2.45, 2.75) is 6.92 Å². The number of carbonyl (C=O) groups excluding carboxylic acids is 1. The summed E-state index contributed by atoms with van der Waals surface area (Å²) in [6, 6.07) is 16.9. The van der Waals surface area contributed by atoms with Gasteiger partial charge >= 0.3 is 5.91 Å². The van der Waals surface area contributed by atoms with E-state index in [1.807, 2.05) is 61.5 Å². The molecular formula is C18H17NO2. The van der Waals surface area contributed by atoms with Gasteiger partial charge in [0.15, 0.2) is 0 Å². The zero-order valence-corrected chi connectivity index (χ0v) is 11.9. The van der Waals surface area contributed by atoms with Crippen molar-refractivity contribution in [1.29, 1.82) is 0 Å². The van der Waals surface area contributed by atoms with Crippen LogP contribution in [-0.4, -0.2) is 24.2 Å². The van der Waals surface area contributed by atoms with Gasteiger partial charge in [-0.15, -0.1) is 0 Å². The van der Waals surface area contributed by atoms with Gasteiger partial charge in [0.25, 0.3) is 0 Å². The number of nitrogens with zero attached hydrogens (tertiary/aromatic N) is 1. The van der Waals surface area contributed by atoms with E-state index in [0.717, 1.165) is 16.8 Å². The number of amides is 1. The summed E-state index contributed by atoms with van der Waals surface area (Å²) in [6.45, 7) is 2.05. The Balaban J connectivity index is 2.25. The maximum Gasteiger partial charge on any atom is 0.303 e. The molecule has 1 N–H and O–H groups in total. The first-order valence-electron chi connectivity index (χ1n) is 6.77. The fourth-order valence-electron chi connectivity index (χ4n) is 2.01. The van der Waals surface area contributed by atoms with Crippen LogP contribution in [0, 0.1) is 18.8 Å². The highest BCUT2D eigenvalue weighted by Crippen LogP contribution is 2.19. The molecule has 0 aliphatic heterocycles. The Bertz CT molecular complexity index is 668. The summed E-state index contributed by atoms with van der Waals surface area (Å²) in [5, 5.41) is 9.18. The molecular weight excluding hydrogens is 262 g/mol. The molecule has 2 aromatic carbocycles. The van der Waals surface area contributed by atoms with Crippen LogP contribution in [-0.2, 0) is 4.79 Å². The lowest BCUT2D eigenvalue weighted by Gasteiger charge is -2.21. The summed E-state index contributed by atoms with van der Waals surface area (Å²) < 4.78 is 0. The van der Waals surface area contributed by atoms with Crippen molar-refractivity contribution in [1.82, 2.24) is 0 Å². The Morgan fingerprint density at radius 2 is 1.76 bits per heavy atom. The van der Waals surface area contributed by atoms with Crippen molar-refractivity contribution in [3.8, 4) is 11.8 Å². The molecule has 0 saturated heterocycles. The molecule has 0 aromatic heterocycles. The van der Waals surface area contributed by atoms with Crippen molar-refractivity contribution in [2.75, 3.05) is 18.1 Å². The Labute approximate surface area is 124 Å². The van der Waals surface area contributed by atoms with Crippen molar-refractivity contribution in [3.05, 3.63) is 65.7 Å². The highest BCUT2D eigenvalue weighted by molar-refractivity contribution is 6.06. The smallest absolute Gasteiger partial charge is 0.303 e. The topological polar surface area (TPSA) is 40.5 Å². The second-order valence-electron chi connectivity index (χ2n) is 4.58. The second-order valence-corrected chi connectivity index (χ2v) is 4.58. The summed E-state index contributed by atoms with van der Waals surface area (Å²) in [5.74, 6) is 5.17. The molecule has 1 amide bonds. The van der Waals surface area contributed by atoms with Gasteiger partial charge in [-0.1, -0.05) is 42.3 Å². The molecule has 2 aromatic rings. The Morgan fingerprint density at radius 3 is 2.43 bits per heavy atom. The SMILES string of the molecule is Cc1ccccc1N(CCO)C(=O)C#Cc1ccccc1. The minimum absolute atomic E-state index is 0.104. The first-order valence-corrected chi connectivity index (χ1v) is 6.77.